The van der Waals surface area contributed by atoms with Crippen LogP contribution in [0.5, 0.6) is 5.75 Å². The first-order chi connectivity index (χ1) is 8.70. The average Bonchev–Trinajstić information content (AvgIpc) is 2.81. The van der Waals surface area contributed by atoms with E-state index in [0.29, 0.717) is 6.04 Å². The van der Waals surface area contributed by atoms with Gasteiger partial charge in [-0.05, 0) is 43.5 Å². The first-order valence-corrected chi connectivity index (χ1v) is 6.87. The number of benzene rings is 1. The lowest BCUT2D eigenvalue weighted by atomic mass is 10.0. The SMILES string of the molecule is CCC(NCCC(C)O)c1ccc2c(c1)CCO2. The Morgan fingerprint density at radius 1 is 1.44 bits per heavy atom. The first kappa shape index (κ1) is 13.4. The quantitative estimate of drug-likeness (QED) is 0.813. The van der Waals surface area contributed by atoms with E-state index in [1.165, 1.54) is 11.1 Å². The van der Waals surface area contributed by atoms with Crippen molar-refractivity contribution in [2.75, 3.05) is 13.2 Å². The maximum atomic E-state index is 9.28. The monoisotopic (exact) mass is 249 g/mol. The number of hydrogen-bond donors (Lipinski definition) is 2. The van der Waals surface area contributed by atoms with Crippen molar-refractivity contribution in [3.05, 3.63) is 29.3 Å². The molecule has 0 radical (unpaired) electrons. The van der Waals surface area contributed by atoms with E-state index in [1.54, 1.807) is 0 Å². The zero-order valence-electron chi connectivity index (χ0n) is 11.3. The lowest BCUT2D eigenvalue weighted by Gasteiger charge is -2.18. The Morgan fingerprint density at radius 3 is 3.00 bits per heavy atom. The highest BCUT2D eigenvalue weighted by atomic mass is 16.5. The van der Waals surface area contributed by atoms with E-state index < -0.39 is 0 Å². The normalized spacial score (nSPS) is 17.1. The fraction of sp³-hybridized carbons (Fsp3) is 0.600. The summed E-state index contributed by atoms with van der Waals surface area (Å²) in [4.78, 5) is 0. The van der Waals surface area contributed by atoms with Crippen LogP contribution in [0, 0.1) is 0 Å². The molecule has 3 heteroatoms. The van der Waals surface area contributed by atoms with Crippen molar-refractivity contribution in [3.63, 3.8) is 0 Å². The van der Waals surface area contributed by atoms with Gasteiger partial charge in [-0.1, -0.05) is 19.1 Å². The Hall–Kier alpha value is -1.06. The summed E-state index contributed by atoms with van der Waals surface area (Å²) < 4.78 is 5.53. The molecule has 0 aromatic heterocycles. The minimum atomic E-state index is -0.233. The highest BCUT2D eigenvalue weighted by Crippen LogP contribution is 2.29. The van der Waals surface area contributed by atoms with Crippen LogP contribution >= 0.6 is 0 Å². The molecule has 2 unspecified atom stereocenters. The molecule has 2 N–H and O–H groups in total. The molecule has 2 rings (SSSR count). The number of fused-ring (bicyclic) bond motifs is 1. The van der Waals surface area contributed by atoms with Crippen molar-refractivity contribution in [2.45, 2.75) is 45.3 Å². The second-order valence-corrected chi connectivity index (χ2v) is 5.02. The minimum Gasteiger partial charge on any atom is -0.493 e. The summed E-state index contributed by atoms with van der Waals surface area (Å²) >= 11 is 0. The second-order valence-electron chi connectivity index (χ2n) is 5.02. The molecular weight excluding hydrogens is 226 g/mol. The van der Waals surface area contributed by atoms with Crippen LogP contribution in [0.3, 0.4) is 0 Å². The Kier molecular flexibility index (Phi) is 4.61. The molecule has 1 aliphatic heterocycles. The van der Waals surface area contributed by atoms with E-state index in [4.69, 9.17) is 4.74 Å². The van der Waals surface area contributed by atoms with Crippen molar-refractivity contribution in [3.8, 4) is 5.75 Å². The third kappa shape index (κ3) is 3.24. The van der Waals surface area contributed by atoms with Gasteiger partial charge in [-0.15, -0.1) is 0 Å². The fourth-order valence-corrected chi connectivity index (χ4v) is 2.39. The molecule has 0 saturated heterocycles. The van der Waals surface area contributed by atoms with Gasteiger partial charge in [0.15, 0.2) is 0 Å². The van der Waals surface area contributed by atoms with Crippen molar-refractivity contribution >= 4 is 0 Å². The summed E-state index contributed by atoms with van der Waals surface area (Å²) in [7, 11) is 0. The van der Waals surface area contributed by atoms with Crippen LogP contribution in [0.2, 0.25) is 0 Å². The third-order valence-corrected chi connectivity index (χ3v) is 3.48. The molecule has 2 atom stereocenters. The van der Waals surface area contributed by atoms with E-state index in [-0.39, 0.29) is 6.10 Å². The van der Waals surface area contributed by atoms with E-state index >= 15 is 0 Å². The summed E-state index contributed by atoms with van der Waals surface area (Å²) in [5.41, 5.74) is 2.65. The van der Waals surface area contributed by atoms with E-state index in [0.717, 1.165) is 38.2 Å². The highest BCUT2D eigenvalue weighted by Gasteiger charge is 2.15. The number of aliphatic hydroxyl groups is 1. The number of hydrogen-bond acceptors (Lipinski definition) is 3. The summed E-state index contributed by atoms with van der Waals surface area (Å²) in [5.74, 6) is 1.04. The Labute approximate surface area is 109 Å². The molecule has 0 saturated carbocycles. The summed E-state index contributed by atoms with van der Waals surface area (Å²) in [6, 6.07) is 6.85. The number of rotatable bonds is 6. The average molecular weight is 249 g/mol. The van der Waals surface area contributed by atoms with Gasteiger partial charge in [0.1, 0.15) is 5.75 Å². The van der Waals surface area contributed by atoms with Gasteiger partial charge in [0.05, 0.1) is 12.7 Å². The molecule has 1 aromatic rings. The Morgan fingerprint density at radius 2 is 2.28 bits per heavy atom. The smallest absolute Gasteiger partial charge is 0.122 e. The van der Waals surface area contributed by atoms with Crippen molar-refractivity contribution in [2.24, 2.45) is 0 Å². The third-order valence-electron chi connectivity index (χ3n) is 3.48. The number of aliphatic hydroxyl groups excluding tert-OH is 1. The standard InChI is InChI=1S/C15H23NO2/c1-3-14(16-8-6-11(2)17)12-4-5-15-13(10-12)7-9-18-15/h4-5,10-11,14,16-17H,3,6-9H2,1-2H3. The maximum Gasteiger partial charge on any atom is 0.122 e. The predicted octanol–water partition coefficient (Wildman–Crippen LogP) is 2.43. The summed E-state index contributed by atoms with van der Waals surface area (Å²) in [6.45, 7) is 5.67. The molecule has 0 aliphatic carbocycles. The van der Waals surface area contributed by atoms with E-state index in [2.05, 4.69) is 30.4 Å². The summed E-state index contributed by atoms with van der Waals surface area (Å²) in [5, 5.41) is 12.8. The maximum absolute atomic E-state index is 9.28. The lowest BCUT2D eigenvalue weighted by molar-refractivity contribution is 0.182. The van der Waals surface area contributed by atoms with Gasteiger partial charge < -0.3 is 15.2 Å². The Bertz CT molecular complexity index is 390. The van der Waals surface area contributed by atoms with Crippen molar-refractivity contribution < 1.29 is 9.84 Å². The molecule has 18 heavy (non-hydrogen) atoms. The molecule has 3 nitrogen and oxygen atoms in total. The van der Waals surface area contributed by atoms with Gasteiger partial charge in [0, 0.05) is 12.5 Å². The molecule has 1 aliphatic rings. The topological polar surface area (TPSA) is 41.5 Å². The van der Waals surface area contributed by atoms with Crippen LogP contribution in [-0.4, -0.2) is 24.4 Å². The van der Waals surface area contributed by atoms with Crippen LogP contribution in [0.1, 0.15) is 43.9 Å². The minimum absolute atomic E-state index is 0.233. The first-order valence-electron chi connectivity index (χ1n) is 6.87. The Balaban J connectivity index is 1.99. The molecule has 0 spiro atoms. The summed E-state index contributed by atoms with van der Waals surface area (Å²) in [6.07, 6.45) is 2.64. The van der Waals surface area contributed by atoms with Gasteiger partial charge in [0.25, 0.3) is 0 Å². The fourth-order valence-electron chi connectivity index (χ4n) is 2.39. The van der Waals surface area contributed by atoms with Crippen molar-refractivity contribution in [1.82, 2.24) is 5.32 Å². The molecule has 1 aromatic carbocycles. The molecule has 1 heterocycles. The predicted molar refractivity (Wildman–Crippen MR) is 73.0 cm³/mol. The molecular formula is C15H23NO2. The van der Waals surface area contributed by atoms with Gasteiger partial charge in [-0.2, -0.15) is 0 Å². The van der Waals surface area contributed by atoms with Gasteiger partial charge >= 0.3 is 0 Å². The number of nitrogens with one attached hydrogen (secondary N) is 1. The van der Waals surface area contributed by atoms with Gasteiger partial charge in [-0.25, -0.2) is 0 Å². The van der Waals surface area contributed by atoms with Crippen LogP contribution in [0.25, 0.3) is 0 Å². The molecule has 100 valence electrons. The molecule has 0 fully saturated rings. The highest BCUT2D eigenvalue weighted by molar-refractivity contribution is 5.40. The molecule has 0 amide bonds. The zero-order valence-corrected chi connectivity index (χ0v) is 11.3. The van der Waals surface area contributed by atoms with Gasteiger partial charge in [0.2, 0.25) is 0 Å². The van der Waals surface area contributed by atoms with Crippen LogP contribution in [0.15, 0.2) is 18.2 Å². The molecule has 0 bridgehead atoms. The van der Waals surface area contributed by atoms with Crippen LogP contribution in [0.4, 0.5) is 0 Å². The van der Waals surface area contributed by atoms with E-state index in [9.17, 15) is 5.11 Å². The van der Waals surface area contributed by atoms with E-state index in [1.807, 2.05) is 6.92 Å². The lowest BCUT2D eigenvalue weighted by Crippen LogP contribution is -2.24. The zero-order chi connectivity index (χ0) is 13.0. The van der Waals surface area contributed by atoms with Crippen LogP contribution < -0.4 is 10.1 Å². The largest absolute Gasteiger partial charge is 0.493 e. The number of ether oxygens (including phenoxy) is 1. The van der Waals surface area contributed by atoms with Crippen LogP contribution in [-0.2, 0) is 6.42 Å². The van der Waals surface area contributed by atoms with Gasteiger partial charge in [-0.3, -0.25) is 0 Å². The second kappa shape index (κ2) is 6.21. The van der Waals surface area contributed by atoms with Crippen molar-refractivity contribution in [1.29, 1.82) is 0 Å².